The third-order valence-corrected chi connectivity index (χ3v) is 3.82. The van der Waals surface area contributed by atoms with E-state index in [4.69, 9.17) is 19.9 Å². The van der Waals surface area contributed by atoms with Crippen molar-refractivity contribution in [1.82, 2.24) is 0 Å². The highest BCUT2D eigenvalue weighted by atomic mass is 35.5. The van der Waals surface area contributed by atoms with Crippen molar-refractivity contribution in [1.29, 1.82) is 0 Å². The first-order chi connectivity index (χ1) is 10.6. The first-order valence-electron chi connectivity index (χ1n) is 7.50. The second-order valence-corrected chi connectivity index (χ2v) is 5.47. The number of carbonyl (C=O) groups excluding carboxylic acids is 1. The minimum absolute atomic E-state index is 0. The van der Waals surface area contributed by atoms with Gasteiger partial charge >= 0.3 is 0 Å². The van der Waals surface area contributed by atoms with E-state index in [1.54, 1.807) is 32.4 Å². The van der Waals surface area contributed by atoms with Crippen LogP contribution in [0.4, 0.5) is 5.69 Å². The van der Waals surface area contributed by atoms with Crippen molar-refractivity contribution in [2.24, 2.45) is 11.7 Å². The van der Waals surface area contributed by atoms with Gasteiger partial charge in [-0.25, -0.2) is 0 Å². The molecule has 7 heteroatoms. The minimum atomic E-state index is -0.00467. The number of methoxy groups -OCH3 is 2. The number of hydrogen-bond donors (Lipinski definition) is 2. The molecule has 23 heavy (non-hydrogen) atoms. The van der Waals surface area contributed by atoms with Crippen molar-refractivity contribution in [3.63, 3.8) is 0 Å². The summed E-state index contributed by atoms with van der Waals surface area (Å²) in [5.74, 6) is 1.22. The van der Waals surface area contributed by atoms with E-state index >= 15 is 0 Å². The lowest BCUT2D eigenvalue weighted by molar-refractivity contribution is -0.119. The third kappa shape index (κ3) is 5.57. The summed E-state index contributed by atoms with van der Waals surface area (Å²) in [7, 11) is 3.19. The van der Waals surface area contributed by atoms with Crippen LogP contribution >= 0.6 is 12.4 Å². The van der Waals surface area contributed by atoms with Gasteiger partial charge in [-0.05, 0) is 31.4 Å². The highest BCUT2D eigenvalue weighted by molar-refractivity contribution is 5.93. The highest BCUT2D eigenvalue weighted by Crippen LogP contribution is 2.31. The molecule has 1 aliphatic carbocycles. The van der Waals surface area contributed by atoms with E-state index in [0.717, 1.165) is 19.3 Å². The molecule has 0 aromatic heterocycles. The van der Waals surface area contributed by atoms with Crippen LogP contribution in [0.2, 0.25) is 0 Å². The van der Waals surface area contributed by atoms with Crippen LogP contribution in [0.3, 0.4) is 0 Å². The molecule has 2 atom stereocenters. The molecule has 3 N–H and O–H groups in total. The van der Waals surface area contributed by atoms with Gasteiger partial charge in [-0.15, -0.1) is 12.4 Å². The molecule has 0 saturated heterocycles. The lowest BCUT2D eigenvalue weighted by Gasteiger charge is -2.14. The number of nitrogens with two attached hydrogens (primary N) is 1. The maximum absolute atomic E-state index is 12.2. The monoisotopic (exact) mass is 344 g/mol. The number of halogens is 1. The van der Waals surface area contributed by atoms with Crippen LogP contribution in [-0.2, 0) is 9.53 Å². The molecule has 6 nitrogen and oxygen atoms in total. The standard InChI is InChI=1S/C16H24N2O4.ClH/c1-20-7-8-22-15-10-13(5-6-14(15)21-2)18-16(19)11-3-4-12(17)9-11;/h5-6,10-12H,3-4,7-9,17H2,1-2H3,(H,18,19);1H. The molecule has 130 valence electrons. The molecule has 0 radical (unpaired) electrons. The molecular formula is C16H25ClN2O4. The lowest BCUT2D eigenvalue weighted by atomic mass is 10.1. The smallest absolute Gasteiger partial charge is 0.227 e. The van der Waals surface area contributed by atoms with E-state index < -0.39 is 0 Å². The van der Waals surface area contributed by atoms with E-state index in [1.807, 2.05) is 0 Å². The van der Waals surface area contributed by atoms with Crippen LogP contribution in [0.1, 0.15) is 19.3 Å². The summed E-state index contributed by atoms with van der Waals surface area (Å²) in [5.41, 5.74) is 6.55. The zero-order chi connectivity index (χ0) is 15.9. The normalized spacial score (nSPS) is 19.8. The number of anilines is 1. The first kappa shape index (κ1) is 19.5. The molecule has 1 aromatic carbocycles. The zero-order valence-electron chi connectivity index (χ0n) is 13.5. The fraction of sp³-hybridized carbons (Fsp3) is 0.562. The van der Waals surface area contributed by atoms with Gasteiger partial charge in [-0.2, -0.15) is 0 Å². The number of ether oxygens (including phenoxy) is 3. The van der Waals surface area contributed by atoms with Crippen molar-refractivity contribution in [3.05, 3.63) is 18.2 Å². The lowest BCUT2D eigenvalue weighted by Crippen LogP contribution is -2.23. The van der Waals surface area contributed by atoms with Crippen molar-refractivity contribution in [2.45, 2.75) is 25.3 Å². The maximum Gasteiger partial charge on any atom is 0.227 e. The second kappa shape index (κ2) is 9.60. The summed E-state index contributed by atoms with van der Waals surface area (Å²) in [5, 5.41) is 2.93. The number of nitrogens with one attached hydrogen (secondary N) is 1. The second-order valence-electron chi connectivity index (χ2n) is 5.47. The summed E-state index contributed by atoms with van der Waals surface area (Å²) in [4.78, 5) is 12.2. The van der Waals surface area contributed by atoms with Gasteiger partial charge in [0.05, 0.1) is 13.7 Å². The Morgan fingerprint density at radius 3 is 2.65 bits per heavy atom. The van der Waals surface area contributed by atoms with Gasteiger partial charge < -0.3 is 25.3 Å². The van der Waals surface area contributed by atoms with Crippen molar-refractivity contribution in [2.75, 3.05) is 32.8 Å². The van der Waals surface area contributed by atoms with E-state index in [2.05, 4.69) is 5.32 Å². The molecule has 2 unspecified atom stereocenters. The summed E-state index contributed by atoms with van der Waals surface area (Å²) in [6.07, 6.45) is 2.51. The Hall–Kier alpha value is -1.50. The van der Waals surface area contributed by atoms with Crippen LogP contribution in [-0.4, -0.2) is 39.4 Å². The Balaban J connectivity index is 0.00000264. The molecule has 0 bridgehead atoms. The molecule has 1 aliphatic rings. The van der Waals surface area contributed by atoms with Crippen molar-refractivity contribution >= 4 is 24.0 Å². The average Bonchev–Trinajstić information content (AvgIpc) is 2.94. The highest BCUT2D eigenvalue weighted by Gasteiger charge is 2.27. The predicted octanol–water partition coefficient (Wildman–Crippen LogP) is 2.21. The molecule has 1 fully saturated rings. The Bertz CT molecular complexity index is 513. The largest absolute Gasteiger partial charge is 0.493 e. The Labute approximate surface area is 143 Å². The molecule has 1 aromatic rings. The van der Waals surface area contributed by atoms with Crippen LogP contribution in [0.15, 0.2) is 18.2 Å². The topological polar surface area (TPSA) is 82.8 Å². The minimum Gasteiger partial charge on any atom is -0.493 e. The molecule has 0 spiro atoms. The van der Waals surface area contributed by atoms with Gasteiger partial charge in [0.1, 0.15) is 6.61 Å². The average molecular weight is 345 g/mol. The quantitative estimate of drug-likeness (QED) is 0.741. The number of benzene rings is 1. The molecular weight excluding hydrogens is 320 g/mol. The zero-order valence-corrected chi connectivity index (χ0v) is 14.4. The van der Waals surface area contributed by atoms with Gasteiger partial charge in [-0.3, -0.25) is 4.79 Å². The van der Waals surface area contributed by atoms with E-state index in [0.29, 0.717) is 30.4 Å². The Morgan fingerprint density at radius 2 is 2.04 bits per heavy atom. The SMILES string of the molecule is COCCOc1cc(NC(=O)C2CCC(N)C2)ccc1OC.Cl. The fourth-order valence-electron chi connectivity index (χ4n) is 2.60. The van der Waals surface area contributed by atoms with Crippen LogP contribution in [0.25, 0.3) is 0 Å². The molecule has 1 saturated carbocycles. The summed E-state index contributed by atoms with van der Waals surface area (Å²) in [6.45, 7) is 0.904. The van der Waals surface area contributed by atoms with E-state index in [-0.39, 0.29) is 30.3 Å². The van der Waals surface area contributed by atoms with Gasteiger partial charge in [0, 0.05) is 30.8 Å². The number of carbonyl (C=O) groups is 1. The number of hydrogen-bond acceptors (Lipinski definition) is 5. The van der Waals surface area contributed by atoms with Crippen molar-refractivity contribution in [3.8, 4) is 11.5 Å². The van der Waals surface area contributed by atoms with Crippen molar-refractivity contribution < 1.29 is 19.0 Å². The van der Waals surface area contributed by atoms with E-state index in [9.17, 15) is 4.79 Å². The number of rotatable bonds is 7. The Kier molecular flexibility index (Phi) is 8.16. The van der Waals surface area contributed by atoms with Gasteiger partial charge in [0.2, 0.25) is 5.91 Å². The predicted molar refractivity (Wildman–Crippen MR) is 91.6 cm³/mol. The van der Waals surface area contributed by atoms with Crippen LogP contribution in [0.5, 0.6) is 11.5 Å². The van der Waals surface area contributed by atoms with Gasteiger partial charge in [0.15, 0.2) is 11.5 Å². The fourth-order valence-corrected chi connectivity index (χ4v) is 2.60. The number of amides is 1. The first-order valence-corrected chi connectivity index (χ1v) is 7.50. The van der Waals surface area contributed by atoms with E-state index in [1.165, 1.54) is 0 Å². The van der Waals surface area contributed by atoms with Crippen LogP contribution < -0.4 is 20.5 Å². The van der Waals surface area contributed by atoms with Gasteiger partial charge in [0.25, 0.3) is 0 Å². The summed E-state index contributed by atoms with van der Waals surface area (Å²) >= 11 is 0. The van der Waals surface area contributed by atoms with Crippen LogP contribution in [0, 0.1) is 5.92 Å². The maximum atomic E-state index is 12.2. The third-order valence-electron chi connectivity index (χ3n) is 3.82. The summed E-state index contributed by atoms with van der Waals surface area (Å²) in [6, 6.07) is 5.48. The van der Waals surface area contributed by atoms with Gasteiger partial charge in [-0.1, -0.05) is 0 Å². The molecule has 0 heterocycles. The molecule has 2 rings (SSSR count). The molecule has 1 amide bonds. The molecule has 0 aliphatic heterocycles. The Morgan fingerprint density at radius 1 is 1.26 bits per heavy atom. The summed E-state index contributed by atoms with van der Waals surface area (Å²) < 4.78 is 15.8.